The number of nitrogens with one attached hydrogen (secondary N) is 1. The first-order valence-electron chi connectivity index (χ1n) is 10.0. The Morgan fingerprint density at radius 2 is 1.90 bits per heavy atom. The Morgan fingerprint density at radius 3 is 2.62 bits per heavy atom. The van der Waals surface area contributed by atoms with Gasteiger partial charge in [0.05, 0.1) is 12.6 Å². The minimum absolute atomic E-state index is 0.200. The van der Waals surface area contributed by atoms with E-state index in [0.29, 0.717) is 6.61 Å². The van der Waals surface area contributed by atoms with Gasteiger partial charge in [0.1, 0.15) is 5.75 Å². The molecule has 1 atom stereocenters. The molecule has 0 saturated carbocycles. The third kappa shape index (κ3) is 6.44. The molecular formula is C24H28N2O2S. The van der Waals surface area contributed by atoms with Crippen molar-refractivity contribution in [1.82, 2.24) is 0 Å². The lowest BCUT2D eigenvalue weighted by molar-refractivity contribution is -0.117. The molecule has 0 bridgehead atoms. The van der Waals surface area contributed by atoms with E-state index in [1.54, 1.807) is 18.3 Å². The number of ether oxygens (including phenoxy) is 1. The van der Waals surface area contributed by atoms with Crippen molar-refractivity contribution in [3.8, 4) is 16.2 Å². The van der Waals surface area contributed by atoms with E-state index in [4.69, 9.17) is 10.5 Å². The summed E-state index contributed by atoms with van der Waals surface area (Å²) in [6.45, 7) is 2.35. The number of rotatable bonds is 10. The maximum absolute atomic E-state index is 11.9. The number of carbonyl (C=O) groups excluding carboxylic acids is 1. The van der Waals surface area contributed by atoms with E-state index in [2.05, 4.69) is 41.7 Å². The summed E-state index contributed by atoms with van der Waals surface area (Å²) in [4.78, 5) is 13.0. The van der Waals surface area contributed by atoms with Crippen LogP contribution in [0.4, 0.5) is 5.69 Å². The average Bonchev–Trinajstić information content (AvgIpc) is 3.26. The zero-order chi connectivity index (χ0) is 20.5. The van der Waals surface area contributed by atoms with Crippen molar-refractivity contribution >= 4 is 22.9 Å². The van der Waals surface area contributed by atoms with Crippen molar-refractivity contribution in [3.63, 3.8) is 0 Å². The largest absolute Gasteiger partial charge is 0.493 e. The van der Waals surface area contributed by atoms with Crippen LogP contribution in [0, 0.1) is 0 Å². The van der Waals surface area contributed by atoms with Crippen molar-refractivity contribution < 1.29 is 9.53 Å². The molecule has 0 saturated heterocycles. The van der Waals surface area contributed by atoms with Crippen LogP contribution in [0.3, 0.4) is 0 Å². The Bertz CT molecular complexity index is 893. The van der Waals surface area contributed by atoms with Gasteiger partial charge in [-0.15, -0.1) is 11.3 Å². The minimum atomic E-state index is -0.549. The topological polar surface area (TPSA) is 64.4 Å². The standard InChI is InChI=1S/C24H28N2O2S/c1-18(25)24(27)26-20-13-14-22(21(17-20)23-12-8-16-29-23)28-15-7-3-6-11-19-9-4-2-5-10-19/h2,4-5,8-10,12-14,16-18H,3,6-7,11,15,25H2,1H3,(H,26,27)/t18-/m0/s1. The lowest BCUT2D eigenvalue weighted by atomic mass is 10.1. The summed E-state index contributed by atoms with van der Waals surface area (Å²) in [6.07, 6.45) is 4.41. The van der Waals surface area contributed by atoms with Crippen LogP contribution in [0.25, 0.3) is 10.4 Å². The molecule has 4 nitrogen and oxygen atoms in total. The molecule has 0 fully saturated rings. The van der Waals surface area contributed by atoms with Crippen LogP contribution < -0.4 is 15.8 Å². The minimum Gasteiger partial charge on any atom is -0.493 e. The van der Waals surface area contributed by atoms with Crippen LogP contribution in [0.1, 0.15) is 31.7 Å². The van der Waals surface area contributed by atoms with Crippen LogP contribution in [0.15, 0.2) is 66.0 Å². The van der Waals surface area contributed by atoms with Crippen LogP contribution in [0.2, 0.25) is 0 Å². The van der Waals surface area contributed by atoms with Crippen molar-refractivity contribution in [3.05, 3.63) is 71.6 Å². The Balaban J connectivity index is 1.56. The lowest BCUT2D eigenvalue weighted by Gasteiger charge is -2.14. The third-order valence-electron chi connectivity index (χ3n) is 4.66. The van der Waals surface area contributed by atoms with E-state index in [1.165, 1.54) is 5.56 Å². The predicted molar refractivity (Wildman–Crippen MR) is 122 cm³/mol. The quantitative estimate of drug-likeness (QED) is 0.436. The van der Waals surface area contributed by atoms with Gasteiger partial charge in [0.2, 0.25) is 5.91 Å². The normalized spacial score (nSPS) is 11.8. The van der Waals surface area contributed by atoms with Gasteiger partial charge < -0.3 is 15.8 Å². The summed E-state index contributed by atoms with van der Waals surface area (Å²) in [5, 5.41) is 4.89. The summed E-state index contributed by atoms with van der Waals surface area (Å²) < 4.78 is 6.09. The highest BCUT2D eigenvalue weighted by molar-refractivity contribution is 7.13. The lowest BCUT2D eigenvalue weighted by Crippen LogP contribution is -2.32. The summed E-state index contributed by atoms with van der Waals surface area (Å²) >= 11 is 1.65. The highest BCUT2D eigenvalue weighted by atomic mass is 32.1. The number of aryl methyl sites for hydroxylation is 1. The molecule has 1 aromatic heterocycles. The first-order valence-corrected chi connectivity index (χ1v) is 10.9. The summed E-state index contributed by atoms with van der Waals surface area (Å²) in [5.41, 5.74) is 8.76. The molecule has 3 rings (SSSR count). The van der Waals surface area contributed by atoms with Crippen molar-refractivity contribution in [2.75, 3.05) is 11.9 Å². The molecule has 3 N–H and O–H groups in total. The highest BCUT2D eigenvalue weighted by Gasteiger charge is 2.12. The molecule has 1 amide bonds. The predicted octanol–water partition coefficient (Wildman–Crippen LogP) is 5.49. The van der Waals surface area contributed by atoms with Crippen LogP contribution in [-0.4, -0.2) is 18.6 Å². The van der Waals surface area contributed by atoms with Gasteiger partial charge in [0.15, 0.2) is 0 Å². The SMILES string of the molecule is C[C@H](N)C(=O)Nc1ccc(OCCCCCc2ccccc2)c(-c2cccs2)c1. The molecular weight excluding hydrogens is 380 g/mol. The number of hydrogen-bond acceptors (Lipinski definition) is 4. The molecule has 1 heterocycles. The average molecular weight is 409 g/mol. The summed E-state index contributed by atoms with van der Waals surface area (Å²) in [7, 11) is 0. The smallest absolute Gasteiger partial charge is 0.240 e. The van der Waals surface area contributed by atoms with Gasteiger partial charge in [-0.25, -0.2) is 0 Å². The van der Waals surface area contributed by atoms with Gasteiger partial charge in [0, 0.05) is 16.1 Å². The molecule has 0 spiro atoms. The number of nitrogens with two attached hydrogens (primary N) is 1. The number of carbonyl (C=O) groups is 1. The fraction of sp³-hybridized carbons (Fsp3) is 0.292. The number of benzene rings is 2. The second-order valence-corrected chi connectivity index (χ2v) is 8.06. The van der Waals surface area contributed by atoms with Gasteiger partial charge in [0.25, 0.3) is 0 Å². The zero-order valence-electron chi connectivity index (χ0n) is 16.8. The van der Waals surface area contributed by atoms with Crippen molar-refractivity contribution in [2.24, 2.45) is 5.73 Å². The summed E-state index contributed by atoms with van der Waals surface area (Å²) in [5.74, 6) is 0.642. The first kappa shape index (κ1) is 21.1. The molecule has 0 aliphatic carbocycles. The van der Waals surface area contributed by atoms with E-state index in [0.717, 1.165) is 47.6 Å². The maximum atomic E-state index is 11.9. The Labute approximate surface area is 176 Å². The molecule has 2 aromatic carbocycles. The number of amides is 1. The van der Waals surface area contributed by atoms with E-state index in [1.807, 2.05) is 29.6 Å². The number of hydrogen-bond donors (Lipinski definition) is 2. The fourth-order valence-electron chi connectivity index (χ4n) is 3.05. The molecule has 0 aliphatic heterocycles. The zero-order valence-corrected chi connectivity index (χ0v) is 17.6. The van der Waals surface area contributed by atoms with Crippen molar-refractivity contribution in [2.45, 2.75) is 38.6 Å². The number of anilines is 1. The number of unbranched alkanes of at least 4 members (excludes halogenated alkanes) is 2. The van der Waals surface area contributed by atoms with Gasteiger partial charge >= 0.3 is 0 Å². The Hall–Kier alpha value is -2.63. The highest BCUT2D eigenvalue weighted by Crippen LogP contribution is 2.35. The van der Waals surface area contributed by atoms with Gasteiger partial charge in [-0.1, -0.05) is 36.4 Å². The van der Waals surface area contributed by atoms with E-state index in [-0.39, 0.29) is 5.91 Å². The monoisotopic (exact) mass is 408 g/mol. The molecule has 3 aromatic rings. The van der Waals surface area contributed by atoms with Crippen LogP contribution >= 0.6 is 11.3 Å². The Morgan fingerprint density at radius 1 is 1.07 bits per heavy atom. The summed E-state index contributed by atoms with van der Waals surface area (Å²) in [6, 6.07) is 19.8. The van der Waals surface area contributed by atoms with E-state index in [9.17, 15) is 4.79 Å². The van der Waals surface area contributed by atoms with Crippen molar-refractivity contribution in [1.29, 1.82) is 0 Å². The second-order valence-electron chi connectivity index (χ2n) is 7.11. The van der Waals surface area contributed by atoms with Crippen LogP contribution in [0.5, 0.6) is 5.75 Å². The third-order valence-corrected chi connectivity index (χ3v) is 5.56. The van der Waals surface area contributed by atoms with Gasteiger partial charge in [-0.3, -0.25) is 4.79 Å². The fourth-order valence-corrected chi connectivity index (χ4v) is 3.80. The van der Waals surface area contributed by atoms with Gasteiger partial charge in [-0.05, 0) is 67.8 Å². The number of thiophene rings is 1. The molecule has 0 unspecified atom stereocenters. The van der Waals surface area contributed by atoms with E-state index >= 15 is 0 Å². The second kappa shape index (κ2) is 10.8. The van der Waals surface area contributed by atoms with Crippen LogP contribution in [-0.2, 0) is 11.2 Å². The van der Waals surface area contributed by atoms with E-state index < -0.39 is 6.04 Å². The molecule has 5 heteroatoms. The molecule has 0 aliphatic rings. The Kier molecular flexibility index (Phi) is 7.85. The molecule has 152 valence electrons. The first-order chi connectivity index (χ1) is 14.1. The van der Waals surface area contributed by atoms with Gasteiger partial charge in [-0.2, -0.15) is 0 Å². The molecule has 0 radical (unpaired) electrons. The molecule has 29 heavy (non-hydrogen) atoms. The maximum Gasteiger partial charge on any atom is 0.240 e.